The molecule has 0 aromatic heterocycles. The zero-order chi connectivity index (χ0) is 13.1. The van der Waals surface area contributed by atoms with Crippen molar-refractivity contribution in [1.29, 1.82) is 0 Å². The summed E-state index contributed by atoms with van der Waals surface area (Å²) in [5, 5.41) is 0. The summed E-state index contributed by atoms with van der Waals surface area (Å²) in [6.07, 6.45) is 0.822. The summed E-state index contributed by atoms with van der Waals surface area (Å²) in [5.74, 6) is -3.10. The van der Waals surface area contributed by atoms with E-state index in [9.17, 15) is 17.6 Å². The number of aliphatic imine (C=N–C) groups is 1. The third-order valence-corrected chi connectivity index (χ3v) is 2.24. The summed E-state index contributed by atoms with van der Waals surface area (Å²) in [6, 6.07) is 5.95. The van der Waals surface area contributed by atoms with Crippen molar-refractivity contribution in [3.63, 3.8) is 0 Å². The molecule has 0 aliphatic carbocycles. The van der Waals surface area contributed by atoms with Crippen molar-refractivity contribution in [2.45, 2.75) is 0 Å². The molecule has 0 saturated heterocycles. The van der Waals surface area contributed by atoms with Crippen LogP contribution in [0.3, 0.4) is 0 Å². The lowest BCUT2D eigenvalue weighted by Crippen LogP contribution is -1.93. The molecule has 1 nitrogen and oxygen atoms in total. The molecule has 0 N–H and O–H groups in total. The first-order chi connectivity index (χ1) is 8.58. The highest BCUT2D eigenvalue weighted by atomic mass is 19.1. The second-order valence-corrected chi connectivity index (χ2v) is 3.49. The number of halogens is 4. The van der Waals surface area contributed by atoms with Crippen LogP contribution in [-0.2, 0) is 0 Å². The quantitative estimate of drug-likeness (QED) is 0.566. The normalized spacial score (nSPS) is 11.1. The van der Waals surface area contributed by atoms with Gasteiger partial charge in [-0.2, -0.15) is 0 Å². The van der Waals surface area contributed by atoms with Crippen molar-refractivity contribution in [2.24, 2.45) is 4.99 Å². The number of hydrogen-bond donors (Lipinski definition) is 0. The highest BCUT2D eigenvalue weighted by Gasteiger charge is 2.06. The number of rotatable bonds is 2. The molecule has 0 aliphatic rings. The molecule has 2 aromatic rings. The van der Waals surface area contributed by atoms with Crippen molar-refractivity contribution in [3.8, 4) is 0 Å². The fraction of sp³-hybridized carbons (Fsp3) is 0. The summed E-state index contributed by atoms with van der Waals surface area (Å²) in [7, 11) is 0. The molecule has 0 saturated carbocycles. The van der Waals surface area contributed by atoms with Gasteiger partial charge in [0.1, 0.15) is 29.0 Å². The molecule has 2 aromatic carbocycles. The van der Waals surface area contributed by atoms with Gasteiger partial charge in [-0.1, -0.05) is 6.07 Å². The van der Waals surface area contributed by atoms with E-state index in [-0.39, 0.29) is 5.69 Å². The summed E-state index contributed by atoms with van der Waals surface area (Å²) in [5.41, 5.74) is -0.723. The minimum atomic E-state index is -0.824. The van der Waals surface area contributed by atoms with Crippen LogP contribution in [0.2, 0.25) is 0 Å². The van der Waals surface area contributed by atoms with E-state index in [1.807, 2.05) is 0 Å². The van der Waals surface area contributed by atoms with Gasteiger partial charge < -0.3 is 0 Å². The minimum absolute atomic E-state index is 0.322. The van der Waals surface area contributed by atoms with Gasteiger partial charge in [0.05, 0.1) is 5.56 Å². The maximum Gasteiger partial charge on any atom is 0.149 e. The van der Waals surface area contributed by atoms with Crippen LogP contribution in [0.5, 0.6) is 0 Å². The zero-order valence-electron chi connectivity index (χ0n) is 9.00. The van der Waals surface area contributed by atoms with E-state index in [4.69, 9.17) is 0 Å². The van der Waals surface area contributed by atoms with E-state index in [1.54, 1.807) is 0 Å². The Morgan fingerprint density at radius 2 is 1.50 bits per heavy atom. The summed E-state index contributed by atoms with van der Waals surface area (Å²) in [4.78, 5) is 3.54. The lowest BCUT2D eigenvalue weighted by Gasteiger charge is -1.99. The van der Waals surface area contributed by atoms with Crippen LogP contribution in [0.1, 0.15) is 5.56 Å². The average Bonchev–Trinajstić information content (AvgIpc) is 2.33. The Bertz CT molecular complexity index is 588. The molecule has 0 fully saturated rings. The largest absolute Gasteiger partial charge is 0.253 e. The third kappa shape index (κ3) is 2.56. The highest BCUT2D eigenvalue weighted by molar-refractivity contribution is 5.82. The Labute approximate surface area is 100 Å². The molecule has 5 heteroatoms. The molecular formula is C13H7F4N. The van der Waals surface area contributed by atoms with Crippen LogP contribution in [-0.4, -0.2) is 6.21 Å². The number of nitrogens with zero attached hydrogens (tertiary/aromatic N) is 1. The Hall–Kier alpha value is -2.17. The van der Waals surface area contributed by atoms with Crippen molar-refractivity contribution in [1.82, 2.24) is 0 Å². The van der Waals surface area contributed by atoms with Gasteiger partial charge in [0.15, 0.2) is 0 Å². The van der Waals surface area contributed by atoms with Crippen LogP contribution in [0.15, 0.2) is 41.4 Å². The Balaban J connectivity index is 2.39. The maximum absolute atomic E-state index is 13.2. The number of benzene rings is 2. The van der Waals surface area contributed by atoms with E-state index in [2.05, 4.69) is 4.99 Å². The van der Waals surface area contributed by atoms with Gasteiger partial charge in [-0.15, -0.1) is 0 Å². The number of hydrogen-bond acceptors (Lipinski definition) is 1. The van der Waals surface area contributed by atoms with E-state index in [0.717, 1.165) is 36.5 Å². The van der Waals surface area contributed by atoms with Gasteiger partial charge >= 0.3 is 0 Å². The Morgan fingerprint density at radius 1 is 0.833 bits per heavy atom. The molecule has 0 bridgehead atoms. The molecule has 0 aliphatic heterocycles. The van der Waals surface area contributed by atoms with Crippen LogP contribution < -0.4 is 0 Å². The van der Waals surface area contributed by atoms with Crippen LogP contribution >= 0.6 is 0 Å². The lowest BCUT2D eigenvalue weighted by molar-refractivity contribution is 0.580. The molecule has 92 valence electrons. The van der Waals surface area contributed by atoms with Gasteiger partial charge in [-0.25, -0.2) is 17.6 Å². The average molecular weight is 253 g/mol. The monoisotopic (exact) mass is 253 g/mol. The SMILES string of the molecule is Fc1ccc(F)c(N=Cc2c(F)cccc2F)c1. The van der Waals surface area contributed by atoms with Gasteiger partial charge in [0, 0.05) is 12.3 Å². The first kappa shape index (κ1) is 12.3. The molecule has 0 amide bonds. The van der Waals surface area contributed by atoms with E-state index >= 15 is 0 Å². The molecule has 0 atom stereocenters. The van der Waals surface area contributed by atoms with Gasteiger partial charge in [0.25, 0.3) is 0 Å². The Morgan fingerprint density at radius 3 is 2.17 bits per heavy atom. The van der Waals surface area contributed by atoms with Gasteiger partial charge in [0.2, 0.25) is 0 Å². The van der Waals surface area contributed by atoms with Crippen LogP contribution in [0, 0.1) is 23.3 Å². The standard InChI is InChI=1S/C13H7F4N/c14-8-4-5-12(17)13(6-8)18-7-9-10(15)2-1-3-11(9)16/h1-7H. The van der Waals surface area contributed by atoms with Crippen molar-refractivity contribution >= 4 is 11.9 Å². The van der Waals surface area contributed by atoms with Gasteiger partial charge in [-0.05, 0) is 24.3 Å². The molecule has 18 heavy (non-hydrogen) atoms. The molecule has 2 rings (SSSR count). The second kappa shape index (κ2) is 5.00. The predicted octanol–water partition coefficient (Wildman–Crippen LogP) is 3.99. The summed E-state index contributed by atoms with van der Waals surface area (Å²) < 4.78 is 52.5. The van der Waals surface area contributed by atoms with E-state index in [1.165, 1.54) is 6.07 Å². The first-order valence-electron chi connectivity index (χ1n) is 5.01. The van der Waals surface area contributed by atoms with Crippen LogP contribution in [0.25, 0.3) is 0 Å². The fourth-order valence-electron chi connectivity index (χ4n) is 1.35. The molecule has 0 radical (unpaired) electrons. The maximum atomic E-state index is 13.2. The molecule has 0 spiro atoms. The first-order valence-corrected chi connectivity index (χ1v) is 5.01. The van der Waals surface area contributed by atoms with Crippen molar-refractivity contribution < 1.29 is 17.6 Å². The highest BCUT2D eigenvalue weighted by Crippen LogP contribution is 2.19. The third-order valence-electron chi connectivity index (χ3n) is 2.24. The predicted molar refractivity (Wildman–Crippen MR) is 60.0 cm³/mol. The minimum Gasteiger partial charge on any atom is -0.253 e. The fourth-order valence-corrected chi connectivity index (χ4v) is 1.35. The van der Waals surface area contributed by atoms with E-state index < -0.39 is 28.8 Å². The smallest absolute Gasteiger partial charge is 0.149 e. The molecule has 0 heterocycles. The van der Waals surface area contributed by atoms with Gasteiger partial charge in [-0.3, -0.25) is 4.99 Å². The molecular weight excluding hydrogens is 246 g/mol. The topological polar surface area (TPSA) is 12.4 Å². The van der Waals surface area contributed by atoms with Crippen molar-refractivity contribution in [3.05, 3.63) is 65.2 Å². The summed E-state index contributed by atoms with van der Waals surface area (Å²) >= 11 is 0. The van der Waals surface area contributed by atoms with Crippen LogP contribution in [0.4, 0.5) is 23.2 Å². The van der Waals surface area contributed by atoms with Crippen molar-refractivity contribution in [2.75, 3.05) is 0 Å². The zero-order valence-corrected chi connectivity index (χ0v) is 9.00. The molecule has 0 unspecified atom stereocenters. The second-order valence-electron chi connectivity index (χ2n) is 3.49. The summed E-state index contributed by atoms with van der Waals surface area (Å²) in [6.45, 7) is 0. The van der Waals surface area contributed by atoms with E-state index in [0.29, 0.717) is 0 Å². The Kier molecular flexibility index (Phi) is 3.41. The lowest BCUT2D eigenvalue weighted by atomic mass is 10.2.